The van der Waals surface area contributed by atoms with Crippen molar-refractivity contribution in [1.82, 2.24) is 15.3 Å². The Hall–Kier alpha value is -1.65. The van der Waals surface area contributed by atoms with Crippen molar-refractivity contribution in [3.05, 3.63) is 51.6 Å². The molecule has 2 N–H and O–H groups in total. The van der Waals surface area contributed by atoms with Crippen molar-refractivity contribution in [3.63, 3.8) is 0 Å². The van der Waals surface area contributed by atoms with Crippen molar-refractivity contribution in [2.45, 2.75) is 38.8 Å². The van der Waals surface area contributed by atoms with Crippen LogP contribution >= 0.6 is 11.3 Å². The minimum absolute atomic E-state index is 0.422. The van der Waals surface area contributed by atoms with Gasteiger partial charge in [0.15, 0.2) is 0 Å². The second kappa shape index (κ2) is 5.28. The van der Waals surface area contributed by atoms with Crippen LogP contribution in [0, 0.1) is 6.92 Å². The van der Waals surface area contributed by atoms with Crippen LogP contribution in [0.1, 0.15) is 40.0 Å². The number of H-pyrrole nitrogens is 1. The predicted molar refractivity (Wildman–Crippen MR) is 87.7 cm³/mol. The number of thiazole rings is 1. The number of nitrogens with zero attached hydrogens (tertiary/aromatic N) is 1. The molecule has 0 radical (unpaired) electrons. The third-order valence-corrected chi connectivity index (χ3v) is 5.20. The number of aromatic amines is 1. The second-order valence-electron chi connectivity index (χ2n) is 5.75. The summed E-state index contributed by atoms with van der Waals surface area (Å²) in [6, 6.07) is 9.06. The van der Waals surface area contributed by atoms with Gasteiger partial charge in [-0.15, -0.1) is 11.3 Å². The summed E-state index contributed by atoms with van der Waals surface area (Å²) >= 11 is 1.78. The number of fused-ring (bicyclic) bond motifs is 3. The zero-order valence-electron chi connectivity index (χ0n) is 12.1. The van der Waals surface area contributed by atoms with E-state index in [0.29, 0.717) is 6.04 Å². The van der Waals surface area contributed by atoms with Crippen molar-refractivity contribution in [2.24, 2.45) is 0 Å². The molecule has 3 nitrogen and oxygen atoms in total. The van der Waals surface area contributed by atoms with Gasteiger partial charge in [-0.05, 0) is 37.8 Å². The Kier molecular flexibility index (Phi) is 3.28. The summed E-state index contributed by atoms with van der Waals surface area (Å²) in [5.74, 6) is 0. The lowest BCUT2D eigenvalue weighted by Crippen LogP contribution is -2.24. The Morgan fingerprint density at radius 1 is 1.38 bits per heavy atom. The number of hydrogen-bond acceptors (Lipinski definition) is 3. The van der Waals surface area contributed by atoms with Crippen LogP contribution in [0.3, 0.4) is 0 Å². The van der Waals surface area contributed by atoms with Crippen molar-refractivity contribution >= 4 is 22.2 Å². The van der Waals surface area contributed by atoms with Gasteiger partial charge >= 0.3 is 0 Å². The van der Waals surface area contributed by atoms with Crippen LogP contribution in [0.4, 0.5) is 0 Å². The molecule has 1 aliphatic carbocycles. The molecule has 108 valence electrons. The number of aryl methyl sites for hydroxylation is 2. The Labute approximate surface area is 128 Å². The van der Waals surface area contributed by atoms with Gasteiger partial charge in [-0.25, -0.2) is 4.98 Å². The van der Waals surface area contributed by atoms with Gasteiger partial charge in [-0.1, -0.05) is 18.2 Å². The van der Waals surface area contributed by atoms with Gasteiger partial charge in [0.05, 0.1) is 0 Å². The van der Waals surface area contributed by atoms with E-state index in [0.717, 1.165) is 6.54 Å². The molecule has 0 amide bonds. The molecule has 0 bridgehead atoms. The molecular formula is C17H19N3S. The van der Waals surface area contributed by atoms with E-state index in [-0.39, 0.29) is 0 Å². The number of rotatable bonds is 3. The molecule has 0 saturated heterocycles. The quantitative estimate of drug-likeness (QED) is 0.764. The maximum absolute atomic E-state index is 4.44. The van der Waals surface area contributed by atoms with Gasteiger partial charge in [-0.3, -0.25) is 0 Å². The molecule has 1 atom stereocenters. The van der Waals surface area contributed by atoms with E-state index >= 15 is 0 Å². The highest BCUT2D eigenvalue weighted by molar-refractivity contribution is 7.11. The Morgan fingerprint density at radius 3 is 3.14 bits per heavy atom. The maximum atomic E-state index is 4.44. The zero-order valence-corrected chi connectivity index (χ0v) is 13.0. The van der Waals surface area contributed by atoms with Crippen molar-refractivity contribution in [3.8, 4) is 0 Å². The third kappa shape index (κ3) is 2.39. The molecule has 0 fully saturated rings. The summed E-state index contributed by atoms with van der Waals surface area (Å²) in [5, 5.41) is 6.25. The first-order chi connectivity index (χ1) is 10.3. The lowest BCUT2D eigenvalue weighted by Gasteiger charge is -2.23. The molecule has 4 rings (SSSR count). The summed E-state index contributed by atoms with van der Waals surface area (Å²) in [6.45, 7) is 2.97. The molecule has 0 saturated carbocycles. The van der Waals surface area contributed by atoms with Crippen LogP contribution in [0.25, 0.3) is 10.9 Å². The molecule has 2 heterocycles. The molecule has 0 spiro atoms. The normalized spacial score (nSPS) is 18.0. The van der Waals surface area contributed by atoms with Crippen molar-refractivity contribution in [1.29, 1.82) is 0 Å². The third-order valence-electron chi connectivity index (χ3n) is 4.28. The smallest absolute Gasteiger partial charge is 0.107 e. The topological polar surface area (TPSA) is 40.7 Å². The van der Waals surface area contributed by atoms with Crippen LogP contribution in [0.5, 0.6) is 0 Å². The van der Waals surface area contributed by atoms with Crippen molar-refractivity contribution in [2.75, 3.05) is 0 Å². The average Bonchev–Trinajstić information content (AvgIpc) is 3.09. The van der Waals surface area contributed by atoms with Crippen molar-refractivity contribution < 1.29 is 0 Å². The first kappa shape index (κ1) is 13.0. The average molecular weight is 297 g/mol. The second-order valence-corrected chi connectivity index (χ2v) is 7.07. The number of nitrogens with one attached hydrogen (secondary N) is 2. The first-order valence-electron chi connectivity index (χ1n) is 7.55. The van der Waals surface area contributed by atoms with Crippen LogP contribution in [0.15, 0.2) is 30.5 Å². The van der Waals surface area contributed by atoms with E-state index in [4.69, 9.17) is 0 Å². The number of para-hydroxylation sites is 1. The molecule has 4 heteroatoms. The zero-order chi connectivity index (χ0) is 14.2. The lowest BCUT2D eigenvalue weighted by molar-refractivity contribution is 0.452. The fourth-order valence-corrected chi connectivity index (χ4v) is 4.05. The van der Waals surface area contributed by atoms with Gasteiger partial charge in [0.2, 0.25) is 0 Å². The molecular weight excluding hydrogens is 278 g/mol. The minimum Gasteiger partial charge on any atom is -0.357 e. The van der Waals surface area contributed by atoms with Gasteiger partial charge in [-0.2, -0.15) is 0 Å². The van der Waals surface area contributed by atoms with Gasteiger partial charge in [0.1, 0.15) is 5.01 Å². The number of aromatic nitrogens is 2. The number of hydrogen-bond donors (Lipinski definition) is 2. The molecule has 0 aliphatic heterocycles. The SMILES string of the molecule is Cc1cnc(CNC2CCCc3c2[nH]c2ccccc32)s1. The standard InChI is InChI=1S/C17H19N3S/c1-11-9-19-16(21-11)10-18-15-8-4-6-13-12-5-2-3-7-14(12)20-17(13)15/h2-3,5,7,9,15,18,20H,4,6,8,10H2,1H3. The van der Waals surface area contributed by atoms with E-state index in [1.54, 1.807) is 11.3 Å². The highest BCUT2D eigenvalue weighted by Crippen LogP contribution is 2.34. The molecule has 3 aromatic rings. The Bertz CT molecular complexity index is 771. The van der Waals surface area contributed by atoms with Crippen LogP contribution in [-0.2, 0) is 13.0 Å². The van der Waals surface area contributed by atoms with E-state index in [1.165, 1.54) is 51.3 Å². The minimum atomic E-state index is 0.422. The summed E-state index contributed by atoms with van der Waals surface area (Å²) in [4.78, 5) is 9.35. The molecule has 21 heavy (non-hydrogen) atoms. The summed E-state index contributed by atoms with van der Waals surface area (Å²) < 4.78 is 0. The highest BCUT2D eigenvalue weighted by Gasteiger charge is 2.23. The van der Waals surface area contributed by atoms with Gasteiger partial charge < -0.3 is 10.3 Å². The van der Waals surface area contributed by atoms with Gasteiger partial charge in [0.25, 0.3) is 0 Å². The summed E-state index contributed by atoms with van der Waals surface area (Å²) in [6.07, 6.45) is 5.60. The van der Waals surface area contributed by atoms with E-state index in [9.17, 15) is 0 Å². The highest BCUT2D eigenvalue weighted by atomic mass is 32.1. The Morgan fingerprint density at radius 2 is 2.29 bits per heavy atom. The maximum Gasteiger partial charge on any atom is 0.107 e. The van der Waals surface area contributed by atoms with E-state index in [2.05, 4.69) is 46.5 Å². The summed E-state index contributed by atoms with van der Waals surface area (Å²) in [5.41, 5.74) is 4.15. The van der Waals surface area contributed by atoms with Crippen LogP contribution < -0.4 is 5.32 Å². The van der Waals surface area contributed by atoms with E-state index in [1.807, 2.05) is 6.20 Å². The predicted octanol–water partition coefficient (Wildman–Crippen LogP) is 4.10. The monoisotopic (exact) mass is 297 g/mol. The lowest BCUT2D eigenvalue weighted by atomic mass is 9.92. The summed E-state index contributed by atoms with van der Waals surface area (Å²) in [7, 11) is 0. The van der Waals surface area contributed by atoms with Gasteiger partial charge in [0, 0.05) is 40.3 Å². The van der Waals surface area contributed by atoms with Crippen LogP contribution in [0.2, 0.25) is 0 Å². The molecule has 1 aliphatic rings. The largest absolute Gasteiger partial charge is 0.357 e. The fraction of sp³-hybridized carbons (Fsp3) is 0.353. The first-order valence-corrected chi connectivity index (χ1v) is 8.37. The molecule has 1 aromatic carbocycles. The molecule has 2 aromatic heterocycles. The van der Waals surface area contributed by atoms with Crippen LogP contribution in [-0.4, -0.2) is 9.97 Å². The van der Waals surface area contributed by atoms with E-state index < -0.39 is 0 Å². The Balaban J connectivity index is 1.61. The fourth-order valence-electron chi connectivity index (χ4n) is 3.31. The molecule has 1 unspecified atom stereocenters. The number of benzene rings is 1.